The number of nitrogens with zero attached hydrogens (tertiary/aromatic N) is 1. The Morgan fingerprint density at radius 3 is 2.63 bits per heavy atom. The second-order valence-electron chi connectivity index (χ2n) is 3.71. The molecule has 0 bridgehead atoms. The van der Waals surface area contributed by atoms with Gasteiger partial charge < -0.3 is 15.2 Å². The van der Waals surface area contributed by atoms with Crippen molar-refractivity contribution in [2.75, 3.05) is 31.7 Å². The quantitative estimate of drug-likeness (QED) is 0.498. The smallest absolute Gasteiger partial charge is 0.315 e. The van der Waals surface area contributed by atoms with Crippen LogP contribution in [0.1, 0.15) is 10.6 Å². The molecule has 0 aliphatic heterocycles. The molecule has 1 aromatic rings. The number of carbonyl (C=O) groups is 2. The Balaban J connectivity index is 2.30. The molecule has 0 atom stereocenters. The third kappa shape index (κ3) is 5.33. The average Bonchev–Trinajstić information content (AvgIpc) is 2.67. The molecular weight excluding hydrogens is 270 g/mol. The van der Waals surface area contributed by atoms with Crippen molar-refractivity contribution in [2.24, 2.45) is 0 Å². The lowest BCUT2D eigenvalue weighted by atomic mass is 10.4. The van der Waals surface area contributed by atoms with Crippen molar-refractivity contribution in [1.29, 1.82) is 0 Å². The lowest BCUT2D eigenvalue weighted by Crippen LogP contribution is -2.37. The highest BCUT2D eigenvalue weighted by molar-refractivity contribution is 7.15. The number of rotatable bonds is 6. The van der Waals surface area contributed by atoms with Crippen molar-refractivity contribution in [3.63, 3.8) is 0 Å². The van der Waals surface area contributed by atoms with E-state index in [1.165, 1.54) is 11.3 Å². The van der Waals surface area contributed by atoms with E-state index in [-0.39, 0.29) is 26.4 Å². The predicted octanol–water partition coefficient (Wildman–Crippen LogP) is -0.176. The number of ether oxygens (including phenoxy) is 1. The summed E-state index contributed by atoms with van der Waals surface area (Å²) in [5.74, 6) is -1.49. The number of thiazole rings is 1. The first-order valence-electron chi connectivity index (χ1n) is 5.76. The van der Waals surface area contributed by atoms with E-state index in [4.69, 9.17) is 9.84 Å². The van der Waals surface area contributed by atoms with Crippen LogP contribution in [0.25, 0.3) is 0 Å². The number of aliphatic hydroxyl groups excluding tert-OH is 1. The maximum Gasteiger partial charge on any atom is 0.315 e. The molecule has 7 nitrogen and oxygen atoms in total. The summed E-state index contributed by atoms with van der Waals surface area (Å²) >= 11 is 1.32. The number of aromatic nitrogens is 1. The van der Waals surface area contributed by atoms with Gasteiger partial charge in [0.05, 0.1) is 25.5 Å². The molecular formula is C11H17N3O4S. The lowest BCUT2D eigenvalue weighted by molar-refractivity contribution is -0.136. The van der Waals surface area contributed by atoms with E-state index in [9.17, 15) is 9.59 Å². The Bertz CT molecular complexity index is 428. The summed E-state index contributed by atoms with van der Waals surface area (Å²) in [6, 6.07) is 0. The number of anilines is 1. The van der Waals surface area contributed by atoms with Crippen LogP contribution < -0.4 is 10.6 Å². The van der Waals surface area contributed by atoms with Gasteiger partial charge in [-0.05, 0) is 13.8 Å². The summed E-state index contributed by atoms with van der Waals surface area (Å²) in [5, 5.41) is 13.7. The van der Waals surface area contributed by atoms with Crippen molar-refractivity contribution in [1.82, 2.24) is 10.3 Å². The van der Waals surface area contributed by atoms with E-state index >= 15 is 0 Å². The van der Waals surface area contributed by atoms with Crippen molar-refractivity contribution < 1.29 is 19.4 Å². The van der Waals surface area contributed by atoms with E-state index in [2.05, 4.69) is 15.6 Å². The molecule has 8 heteroatoms. The van der Waals surface area contributed by atoms with Crippen LogP contribution in [0.15, 0.2) is 0 Å². The number of hydrogen-bond acceptors (Lipinski definition) is 6. The highest BCUT2D eigenvalue weighted by Gasteiger charge is 2.15. The van der Waals surface area contributed by atoms with E-state index in [1.807, 2.05) is 13.8 Å². The zero-order valence-corrected chi connectivity index (χ0v) is 11.7. The van der Waals surface area contributed by atoms with Crippen LogP contribution in [0, 0.1) is 13.8 Å². The standard InChI is InChI=1S/C11H17N3O4S/c1-7-8(2)19-11(13-7)14-10(17)9(16)12-3-5-18-6-4-15/h15H,3-6H2,1-2H3,(H,12,16)(H,13,14,17). The molecule has 0 unspecified atom stereocenters. The van der Waals surface area contributed by atoms with Gasteiger partial charge in [-0.3, -0.25) is 14.9 Å². The van der Waals surface area contributed by atoms with Crippen molar-refractivity contribution in [3.8, 4) is 0 Å². The van der Waals surface area contributed by atoms with Crippen molar-refractivity contribution >= 4 is 28.3 Å². The monoisotopic (exact) mass is 287 g/mol. The van der Waals surface area contributed by atoms with Crippen LogP contribution in [-0.4, -0.2) is 48.3 Å². The molecule has 19 heavy (non-hydrogen) atoms. The van der Waals surface area contributed by atoms with Crippen molar-refractivity contribution in [3.05, 3.63) is 10.6 Å². The SMILES string of the molecule is Cc1nc(NC(=O)C(=O)NCCOCCO)sc1C. The molecule has 1 aromatic heterocycles. The Morgan fingerprint density at radius 2 is 2.05 bits per heavy atom. The fraction of sp³-hybridized carbons (Fsp3) is 0.545. The van der Waals surface area contributed by atoms with Crippen LogP contribution in [-0.2, 0) is 14.3 Å². The second kappa shape index (κ2) is 7.82. The Labute approximate surface area is 115 Å². The molecule has 106 valence electrons. The highest BCUT2D eigenvalue weighted by atomic mass is 32.1. The summed E-state index contributed by atoms with van der Waals surface area (Å²) in [6.45, 7) is 4.31. The summed E-state index contributed by atoms with van der Waals surface area (Å²) in [6.07, 6.45) is 0. The van der Waals surface area contributed by atoms with E-state index in [0.717, 1.165) is 10.6 Å². The van der Waals surface area contributed by atoms with Gasteiger partial charge in [0.1, 0.15) is 0 Å². The maximum absolute atomic E-state index is 11.5. The molecule has 0 aliphatic rings. The van der Waals surface area contributed by atoms with Gasteiger partial charge in [0.2, 0.25) is 0 Å². The normalized spacial score (nSPS) is 10.3. The number of aliphatic hydroxyl groups is 1. The molecule has 1 rings (SSSR count). The van der Waals surface area contributed by atoms with Crippen molar-refractivity contribution in [2.45, 2.75) is 13.8 Å². The minimum absolute atomic E-state index is 0.0722. The third-order valence-corrected chi connectivity index (χ3v) is 3.21. The highest BCUT2D eigenvalue weighted by Crippen LogP contribution is 2.20. The predicted molar refractivity (Wildman–Crippen MR) is 71.1 cm³/mol. The number of aryl methyl sites for hydroxylation is 2. The van der Waals surface area contributed by atoms with Gasteiger partial charge in [-0.1, -0.05) is 0 Å². The molecule has 0 spiro atoms. The molecule has 0 aromatic carbocycles. The van der Waals surface area contributed by atoms with Gasteiger partial charge in [-0.15, -0.1) is 11.3 Å². The third-order valence-electron chi connectivity index (χ3n) is 2.22. The lowest BCUT2D eigenvalue weighted by Gasteiger charge is -2.05. The molecule has 1 heterocycles. The van der Waals surface area contributed by atoms with Gasteiger partial charge >= 0.3 is 11.8 Å². The number of carbonyl (C=O) groups excluding carboxylic acids is 2. The summed E-state index contributed by atoms with van der Waals surface area (Å²) < 4.78 is 4.94. The summed E-state index contributed by atoms with van der Waals surface area (Å²) in [4.78, 5) is 28.0. The Kier molecular flexibility index (Phi) is 6.40. The molecule has 0 radical (unpaired) electrons. The molecule has 0 aliphatic carbocycles. The van der Waals surface area contributed by atoms with Gasteiger partial charge in [0, 0.05) is 11.4 Å². The Hall–Kier alpha value is -1.51. The Morgan fingerprint density at radius 1 is 1.32 bits per heavy atom. The van der Waals surface area contributed by atoms with E-state index in [1.54, 1.807) is 0 Å². The van der Waals surface area contributed by atoms with Crippen LogP contribution in [0.3, 0.4) is 0 Å². The van der Waals surface area contributed by atoms with Crippen LogP contribution in [0.4, 0.5) is 5.13 Å². The minimum atomic E-state index is -0.754. The van der Waals surface area contributed by atoms with Gasteiger partial charge in [0.25, 0.3) is 0 Å². The largest absolute Gasteiger partial charge is 0.394 e. The summed E-state index contributed by atoms with van der Waals surface area (Å²) in [7, 11) is 0. The first-order valence-corrected chi connectivity index (χ1v) is 6.58. The fourth-order valence-electron chi connectivity index (χ4n) is 1.16. The minimum Gasteiger partial charge on any atom is -0.394 e. The van der Waals surface area contributed by atoms with E-state index in [0.29, 0.717) is 5.13 Å². The number of amides is 2. The molecule has 0 fully saturated rings. The molecule has 0 saturated carbocycles. The van der Waals surface area contributed by atoms with Gasteiger partial charge in [-0.2, -0.15) is 0 Å². The fourth-order valence-corrected chi connectivity index (χ4v) is 1.97. The zero-order chi connectivity index (χ0) is 14.3. The number of hydrogen-bond donors (Lipinski definition) is 3. The topological polar surface area (TPSA) is 101 Å². The zero-order valence-electron chi connectivity index (χ0n) is 10.9. The maximum atomic E-state index is 11.5. The molecule has 2 amide bonds. The average molecular weight is 287 g/mol. The first-order chi connectivity index (χ1) is 9.04. The van der Waals surface area contributed by atoms with Crippen LogP contribution in [0.2, 0.25) is 0 Å². The van der Waals surface area contributed by atoms with Gasteiger partial charge in [-0.25, -0.2) is 4.98 Å². The first kappa shape index (κ1) is 15.5. The molecule has 0 saturated heterocycles. The van der Waals surface area contributed by atoms with Crippen LogP contribution in [0.5, 0.6) is 0 Å². The van der Waals surface area contributed by atoms with Crippen LogP contribution >= 0.6 is 11.3 Å². The summed E-state index contributed by atoms with van der Waals surface area (Å²) in [5.41, 5.74) is 0.832. The number of nitrogens with one attached hydrogen (secondary N) is 2. The van der Waals surface area contributed by atoms with Gasteiger partial charge in [0.15, 0.2) is 5.13 Å². The molecule has 3 N–H and O–H groups in total. The van der Waals surface area contributed by atoms with E-state index < -0.39 is 11.8 Å². The second-order valence-corrected chi connectivity index (χ2v) is 4.91.